The van der Waals surface area contributed by atoms with Gasteiger partial charge in [0.1, 0.15) is 0 Å². The largest absolute Gasteiger partial charge is 0.320 e. The highest BCUT2D eigenvalue weighted by Crippen LogP contribution is 2.25. The van der Waals surface area contributed by atoms with Crippen molar-refractivity contribution in [1.82, 2.24) is 29.8 Å². The van der Waals surface area contributed by atoms with E-state index in [0.29, 0.717) is 22.2 Å². The fraction of sp³-hybridized carbons (Fsp3) is 0. The van der Waals surface area contributed by atoms with Gasteiger partial charge >= 0.3 is 0 Å². The number of rotatable bonds is 4. The minimum atomic E-state index is -0.241. The van der Waals surface area contributed by atoms with Crippen LogP contribution >= 0.6 is 11.3 Å². The highest BCUT2D eigenvalue weighted by molar-refractivity contribution is 7.20. The molecule has 0 aliphatic rings. The van der Waals surface area contributed by atoms with E-state index >= 15 is 0 Å². The molecule has 0 bridgehead atoms. The molecule has 0 aliphatic heterocycles. The summed E-state index contributed by atoms with van der Waals surface area (Å²) in [6.07, 6.45) is 3.43. The Morgan fingerprint density at radius 3 is 2.70 bits per heavy atom. The number of para-hydroxylation sites is 1. The number of hydrogen-bond donors (Lipinski definition) is 1. The lowest BCUT2D eigenvalue weighted by atomic mass is 10.1. The molecule has 6 aromatic rings. The number of thiazole rings is 1. The van der Waals surface area contributed by atoms with E-state index in [-0.39, 0.29) is 5.91 Å². The topological polar surface area (TPSA) is 98.0 Å². The highest BCUT2D eigenvalue weighted by Gasteiger charge is 2.14. The first-order valence-corrected chi connectivity index (χ1v) is 11.0. The quantitative estimate of drug-likeness (QED) is 0.418. The van der Waals surface area contributed by atoms with Crippen LogP contribution in [0, 0.1) is 0 Å². The van der Waals surface area contributed by atoms with Crippen LogP contribution in [-0.2, 0) is 0 Å². The molecule has 0 saturated heterocycles. The van der Waals surface area contributed by atoms with Crippen LogP contribution in [-0.4, -0.2) is 35.7 Å². The molecule has 33 heavy (non-hydrogen) atoms. The molecule has 0 radical (unpaired) electrons. The van der Waals surface area contributed by atoms with E-state index in [1.54, 1.807) is 16.9 Å². The van der Waals surface area contributed by atoms with Crippen molar-refractivity contribution in [3.05, 3.63) is 90.2 Å². The van der Waals surface area contributed by atoms with E-state index in [4.69, 9.17) is 5.10 Å². The lowest BCUT2D eigenvalue weighted by Gasteiger charge is -2.07. The molecule has 158 valence electrons. The maximum atomic E-state index is 12.8. The van der Waals surface area contributed by atoms with Crippen LogP contribution in [0.1, 0.15) is 9.80 Å². The summed E-state index contributed by atoms with van der Waals surface area (Å²) in [5.41, 5.74) is 4.52. The second-order valence-electron chi connectivity index (χ2n) is 7.28. The van der Waals surface area contributed by atoms with Crippen LogP contribution in [0.2, 0.25) is 0 Å². The smallest absolute Gasteiger partial charge is 0.284 e. The Bertz CT molecular complexity index is 1590. The van der Waals surface area contributed by atoms with Gasteiger partial charge in [-0.15, -0.1) is 21.5 Å². The minimum absolute atomic E-state index is 0.241. The van der Waals surface area contributed by atoms with Crippen molar-refractivity contribution in [3.8, 4) is 22.6 Å². The predicted molar refractivity (Wildman–Crippen MR) is 127 cm³/mol. The number of nitrogens with zero attached hydrogens (tertiary/aromatic N) is 6. The molecule has 0 saturated carbocycles. The molecule has 6 rings (SSSR count). The predicted octanol–water partition coefficient (Wildman–Crippen LogP) is 4.72. The third-order valence-electron chi connectivity index (χ3n) is 5.09. The number of anilines is 1. The van der Waals surface area contributed by atoms with E-state index in [2.05, 4.69) is 25.5 Å². The Labute approximate surface area is 191 Å². The van der Waals surface area contributed by atoms with Crippen molar-refractivity contribution in [2.24, 2.45) is 0 Å². The summed E-state index contributed by atoms with van der Waals surface area (Å²) in [6.45, 7) is 0. The molecule has 9 heteroatoms. The van der Waals surface area contributed by atoms with Gasteiger partial charge in [-0.2, -0.15) is 9.61 Å². The molecule has 4 heterocycles. The van der Waals surface area contributed by atoms with Gasteiger partial charge in [0.25, 0.3) is 5.91 Å². The summed E-state index contributed by atoms with van der Waals surface area (Å²) in [6, 6.07) is 22.7. The van der Waals surface area contributed by atoms with Crippen LogP contribution in [0.5, 0.6) is 0 Å². The zero-order valence-corrected chi connectivity index (χ0v) is 17.9. The monoisotopic (exact) mass is 449 g/mol. The number of carbonyl (C=O) groups is 1. The number of carbonyl (C=O) groups excluding carboxylic acids is 1. The van der Waals surface area contributed by atoms with Gasteiger partial charge in [-0.3, -0.25) is 9.78 Å². The number of pyridine rings is 1. The number of nitrogens with one attached hydrogen (secondary N) is 1. The molecule has 1 N–H and O–H groups in total. The molecule has 0 aliphatic carbocycles. The maximum Gasteiger partial charge on any atom is 0.284 e. The van der Waals surface area contributed by atoms with Crippen molar-refractivity contribution in [2.75, 3.05) is 5.32 Å². The molecule has 0 atom stereocenters. The Balaban J connectivity index is 1.32. The van der Waals surface area contributed by atoms with Gasteiger partial charge in [-0.1, -0.05) is 24.3 Å². The Kier molecular flexibility index (Phi) is 4.59. The molecule has 8 nitrogen and oxygen atoms in total. The van der Waals surface area contributed by atoms with Gasteiger partial charge in [-0.05, 0) is 48.5 Å². The number of aromatic nitrogens is 6. The Morgan fingerprint density at radius 2 is 1.82 bits per heavy atom. The lowest BCUT2D eigenvalue weighted by molar-refractivity contribution is 0.102. The number of benzene rings is 2. The number of amides is 1. The average molecular weight is 449 g/mol. The Hall–Kier alpha value is -4.50. The highest BCUT2D eigenvalue weighted by atomic mass is 32.1. The molecule has 1 amide bonds. The fourth-order valence-corrected chi connectivity index (χ4v) is 4.39. The van der Waals surface area contributed by atoms with Crippen molar-refractivity contribution < 1.29 is 4.79 Å². The molecular weight excluding hydrogens is 434 g/mol. The van der Waals surface area contributed by atoms with Gasteiger partial charge in [0, 0.05) is 29.2 Å². The molecule has 4 aromatic heterocycles. The third kappa shape index (κ3) is 3.60. The van der Waals surface area contributed by atoms with Crippen LogP contribution in [0.3, 0.4) is 0 Å². The summed E-state index contributed by atoms with van der Waals surface area (Å²) >= 11 is 1.37. The molecule has 0 unspecified atom stereocenters. The average Bonchev–Trinajstić information content (AvgIpc) is 3.49. The first-order chi connectivity index (χ1) is 16.2. The number of hydrogen-bond acceptors (Lipinski definition) is 7. The van der Waals surface area contributed by atoms with Gasteiger partial charge in [-0.25, -0.2) is 4.98 Å². The van der Waals surface area contributed by atoms with E-state index in [0.717, 1.165) is 27.0 Å². The molecule has 0 spiro atoms. The third-order valence-corrected chi connectivity index (χ3v) is 6.12. The van der Waals surface area contributed by atoms with E-state index in [9.17, 15) is 4.79 Å². The van der Waals surface area contributed by atoms with E-state index in [1.807, 2.05) is 72.8 Å². The maximum absolute atomic E-state index is 12.8. The van der Waals surface area contributed by atoms with Crippen LogP contribution in [0.25, 0.3) is 38.5 Å². The second-order valence-corrected chi connectivity index (χ2v) is 8.31. The second kappa shape index (κ2) is 7.88. The fourth-order valence-electron chi connectivity index (χ4n) is 3.53. The zero-order chi connectivity index (χ0) is 22.2. The van der Waals surface area contributed by atoms with Crippen LogP contribution in [0.15, 0.2) is 85.2 Å². The van der Waals surface area contributed by atoms with Crippen molar-refractivity contribution in [3.63, 3.8) is 0 Å². The van der Waals surface area contributed by atoms with Crippen molar-refractivity contribution in [1.29, 1.82) is 0 Å². The molecular formula is C24H15N7OS. The van der Waals surface area contributed by atoms with Crippen LogP contribution in [0.4, 0.5) is 5.69 Å². The van der Waals surface area contributed by atoms with Gasteiger partial charge in [0.05, 0.1) is 15.9 Å². The standard InChI is InChI=1S/C24H15N7OS/c32-23(24-27-19-8-1-2-9-20(19)33-24)26-17-7-3-5-15(13-17)18-10-11-21-28-29-22(31(21)30-18)16-6-4-12-25-14-16/h1-14H,(H,26,32). The Morgan fingerprint density at radius 1 is 0.909 bits per heavy atom. The summed E-state index contributed by atoms with van der Waals surface area (Å²) in [7, 11) is 0. The van der Waals surface area contributed by atoms with E-state index < -0.39 is 0 Å². The van der Waals surface area contributed by atoms with Crippen LogP contribution < -0.4 is 5.32 Å². The van der Waals surface area contributed by atoms with Gasteiger partial charge < -0.3 is 5.32 Å². The first-order valence-electron chi connectivity index (χ1n) is 10.1. The summed E-state index contributed by atoms with van der Waals surface area (Å²) in [4.78, 5) is 21.3. The van der Waals surface area contributed by atoms with Gasteiger partial charge in [0.15, 0.2) is 16.5 Å². The summed E-state index contributed by atoms with van der Waals surface area (Å²) < 4.78 is 2.67. The first kappa shape index (κ1) is 19.2. The summed E-state index contributed by atoms with van der Waals surface area (Å²) in [5, 5.41) is 16.5. The molecule has 2 aromatic carbocycles. The molecule has 0 fully saturated rings. The minimum Gasteiger partial charge on any atom is -0.320 e. The lowest BCUT2D eigenvalue weighted by Crippen LogP contribution is -2.11. The zero-order valence-electron chi connectivity index (χ0n) is 17.1. The normalized spacial score (nSPS) is 11.2. The number of fused-ring (bicyclic) bond motifs is 2. The van der Waals surface area contributed by atoms with Gasteiger partial charge in [0.2, 0.25) is 0 Å². The SMILES string of the molecule is O=C(Nc1cccc(-c2ccc3nnc(-c4cccnc4)n3n2)c1)c1nc2ccccc2s1. The van der Waals surface area contributed by atoms with Crippen molar-refractivity contribution in [2.45, 2.75) is 0 Å². The van der Waals surface area contributed by atoms with Crippen molar-refractivity contribution >= 4 is 38.8 Å². The van der Waals surface area contributed by atoms with E-state index in [1.165, 1.54) is 11.3 Å². The summed E-state index contributed by atoms with van der Waals surface area (Å²) in [5.74, 6) is 0.370.